The first-order chi connectivity index (χ1) is 9.49. The summed E-state index contributed by atoms with van der Waals surface area (Å²) in [5, 5.41) is 18.9. The molecule has 108 valence electrons. The summed E-state index contributed by atoms with van der Waals surface area (Å²) in [5.74, 6) is 0.170. The maximum absolute atomic E-state index is 13.1. The van der Waals surface area contributed by atoms with Crippen molar-refractivity contribution in [1.29, 1.82) is 0 Å². The Morgan fingerprint density at radius 3 is 2.80 bits per heavy atom. The van der Waals surface area contributed by atoms with Crippen molar-refractivity contribution in [2.45, 2.75) is 38.1 Å². The Balaban J connectivity index is 2.05. The van der Waals surface area contributed by atoms with Crippen molar-refractivity contribution in [3.63, 3.8) is 0 Å². The lowest BCUT2D eigenvalue weighted by molar-refractivity contribution is 0.203. The van der Waals surface area contributed by atoms with Crippen LogP contribution in [0.25, 0.3) is 0 Å². The maximum Gasteiger partial charge on any atom is 0.191 e. The van der Waals surface area contributed by atoms with Crippen molar-refractivity contribution in [2.24, 2.45) is 0 Å². The molecule has 0 spiro atoms. The van der Waals surface area contributed by atoms with Gasteiger partial charge >= 0.3 is 0 Å². The molecule has 2 aromatic rings. The van der Waals surface area contributed by atoms with E-state index in [1.165, 1.54) is 23.9 Å². The highest BCUT2D eigenvalue weighted by Crippen LogP contribution is 2.26. The van der Waals surface area contributed by atoms with Crippen LogP contribution < -0.4 is 0 Å². The SMILES string of the molecule is Cc1cc(F)ccc1C(O)CSc1nncn1C(C)C. The fourth-order valence-corrected chi connectivity index (χ4v) is 2.94. The first kappa shape index (κ1) is 15.0. The fraction of sp³-hybridized carbons (Fsp3) is 0.429. The Morgan fingerprint density at radius 2 is 2.15 bits per heavy atom. The number of hydrogen-bond donors (Lipinski definition) is 1. The average molecular weight is 295 g/mol. The van der Waals surface area contributed by atoms with E-state index in [1.54, 1.807) is 19.3 Å². The quantitative estimate of drug-likeness (QED) is 0.861. The van der Waals surface area contributed by atoms with Crippen molar-refractivity contribution in [3.8, 4) is 0 Å². The molecule has 1 aromatic carbocycles. The number of nitrogens with zero attached hydrogens (tertiary/aromatic N) is 3. The Labute approximate surface area is 122 Å². The Hall–Kier alpha value is -1.40. The molecule has 6 heteroatoms. The summed E-state index contributed by atoms with van der Waals surface area (Å²) in [5.41, 5.74) is 1.50. The lowest BCUT2D eigenvalue weighted by Crippen LogP contribution is -2.06. The highest BCUT2D eigenvalue weighted by molar-refractivity contribution is 7.99. The van der Waals surface area contributed by atoms with E-state index in [2.05, 4.69) is 10.2 Å². The van der Waals surface area contributed by atoms with Crippen LogP contribution in [0, 0.1) is 12.7 Å². The van der Waals surface area contributed by atoms with Gasteiger partial charge in [0.15, 0.2) is 5.16 Å². The Morgan fingerprint density at radius 1 is 1.40 bits per heavy atom. The maximum atomic E-state index is 13.1. The van der Waals surface area contributed by atoms with Crippen LogP contribution in [0.5, 0.6) is 0 Å². The molecule has 20 heavy (non-hydrogen) atoms. The van der Waals surface area contributed by atoms with Crippen LogP contribution in [-0.2, 0) is 0 Å². The molecule has 4 nitrogen and oxygen atoms in total. The van der Waals surface area contributed by atoms with E-state index in [0.29, 0.717) is 5.75 Å². The van der Waals surface area contributed by atoms with Gasteiger partial charge in [-0.1, -0.05) is 17.8 Å². The first-order valence-corrected chi connectivity index (χ1v) is 7.44. The molecule has 0 radical (unpaired) electrons. The zero-order valence-electron chi connectivity index (χ0n) is 11.7. The second kappa shape index (κ2) is 6.37. The molecule has 1 atom stereocenters. The lowest BCUT2D eigenvalue weighted by atomic mass is 10.0. The molecule has 0 fully saturated rings. The minimum absolute atomic E-state index is 0.275. The second-order valence-corrected chi connectivity index (χ2v) is 5.93. The van der Waals surface area contributed by atoms with Gasteiger partial charge in [0.2, 0.25) is 0 Å². The van der Waals surface area contributed by atoms with Gasteiger partial charge in [0.05, 0.1) is 6.10 Å². The molecule has 0 amide bonds. The lowest BCUT2D eigenvalue weighted by Gasteiger charge is -2.14. The summed E-state index contributed by atoms with van der Waals surface area (Å²) in [6, 6.07) is 4.70. The van der Waals surface area contributed by atoms with Crippen molar-refractivity contribution in [1.82, 2.24) is 14.8 Å². The summed E-state index contributed by atoms with van der Waals surface area (Å²) in [6.45, 7) is 5.89. The normalized spacial score (nSPS) is 12.9. The fourth-order valence-electron chi connectivity index (χ4n) is 1.95. The van der Waals surface area contributed by atoms with Gasteiger partial charge in [0.25, 0.3) is 0 Å². The third-order valence-electron chi connectivity index (χ3n) is 3.06. The zero-order chi connectivity index (χ0) is 14.7. The minimum atomic E-state index is -0.655. The van der Waals surface area contributed by atoms with Crippen molar-refractivity contribution < 1.29 is 9.50 Å². The molecule has 0 aliphatic heterocycles. The number of benzene rings is 1. The van der Waals surface area contributed by atoms with Crippen LogP contribution in [0.3, 0.4) is 0 Å². The van der Waals surface area contributed by atoms with Crippen molar-refractivity contribution in [3.05, 3.63) is 41.5 Å². The average Bonchev–Trinajstić information content (AvgIpc) is 2.84. The minimum Gasteiger partial charge on any atom is -0.388 e. The number of aliphatic hydroxyl groups excluding tert-OH is 1. The van der Waals surface area contributed by atoms with Gasteiger partial charge in [-0.05, 0) is 44.0 Å². The van der Waals surface area contributed by atoms with Crippen LogP contribution >= 0.6 is 11.8 Å². The predicted molar refractivity (Wildman–Crippen MR) is 77.2 cm³/mol. The van der Waals surface area contributed by atoms with E-state index in [4.69, 9.17) is 0 Å². The first-order valence-electron chi connectivity index (χ1n) is 6.45. The molecule has 1 aromatic heterocycles. The van der Waals surface area contributed by atoms with Gasteiger partial charge in [-0.3, -0.25) is 0 Å². The molecular weight excluding hydrogens is 277 g/mol. The van der Waals surface area contributed by atoms with E-state index in [9.17, 15) is 9.50 Å². The summed E-state index contributed by atoms with van der Waals surface area (Å²) in [4.78, 5) is 0. The molecule has 1 unspecified atom stereocenters. The van der Waals surface area contributed by atoms with Crippen LogP contribution in [0.15, 0.2) is 29.7 Å². The monoisotopic (exact) mass is 295 g/mol. The molecule has 0 saturated heterocycles. The second-order valence-electron chi connectivity index (χ2n) is 4.94. The smallest absolute Gasteiger partial charge is 0.191 e. The van der Waals surface area contributed by atoms with Crippen LogP contribution in [0.2, 0.25) is 0 Å². The highest BCUT2D eigenvalue weighted by atomic mass is 32.2. The third-order valence-corrected chi connectivity index (χ3v) is 4.09. The van der Waals surface area contributed by atoms with E-state index in [0.717, 1.165) is 16.3 Å². The van der Waals surface area contributed by atoms with Crippen LogP contribution in [0.1, 0.15) is 37.1 Å². The van der Waals surface area contributed by atoms with E-state index >= 15 is 0 Å². The Kier molecular flexibility index (Phi) is 4.77. The van der Waals surface area contributed by atoms with E-state index in [1.807, 2.05) is 18.4 Å². The molecule has 1 N–H and O–H groups in total. The van der Waals surface area contributed by atoms with E-state index < -0.39 is 6.10 Å². The highest BCUT2D eigenvalue weighted by Gasteiger charge is 2.14. The van der Waals surface area contributed by atoms with Crippen molar-refractivity contribution in [2.75, 3.05) is 5.75 Å². The van der Waals surface area contributed by atoms with E-state index in [-0.39, 0.29) is 11.9 Å². The van der Waals surface area contributed by atoms with Gasteiger partial charge < -0.3 is 9.67 Å². The van der Waals surface area contributed by atoms with Crippen molar-refractivity contribution >= 4 is 11.8 Å². The molecule has 1 heterocycles. The molecular formula is C14H18FN3OS. The number of rotatable bonds is 5. The van der Waals surface area contributed by atoms with Crippen LogP contribution in [-0.4, -0.2) is 25.6 Å². The number of halogens is 1. The zero-order valence-corrected chi connectivity index (χ0v) is 12.6. The molecule has 0 saturated carbocycles. The summed E-state index contributed by atoms with van der Waals surface area (Å²) in [7, 11) is 0. The van der Waals surface area contributed by atoms with Gasteiger partial charge in [-0.25, -0.2) is 4.39 Å². The molecule has 0 aliphatic carbocycles. The van der Waals surface area contributed by atoms with Gasteiger partial charge in [0.1, 0.15) is 12.1 Å². The summed E-state index contributed by atoms with van der Waals surface area (Å²) in [6.07, 6.45) is 1.03. The predicted octanol–water partition coefficient (Wildman–Crippen LogP) is 3.13. The van der Waals surface area contributed by atoms with Gasteiger partial charge in [-0.15, -0.1) is 10.2 Å². The molecule has 2 rings (SSSR count). The number of aryl methyl sites for hydroxylation is 1. The number of aromatic nitrogens is 3. The Bertz CT molecular complexity index is 586. The summed E-state index contributed by atoms with van der Waals surface area (Å²) >= 11 is 1.44. The number of thioether (sulfide) groups is 1. The largest absolute Gasteiger partial charge is 0.388 e. The van der Waals surface area contributed by atoms with Crippen LogP contribution in [0.4, 0.5) is 4.39 Å². The number of aliphatic hydroxyl groups is 1. The summed E-state index contributed by atoms with van der Waals surface area (Å²) < 4.78 is 15.0. The third kappa shape index (κ3) is 3.37. The van der Waals surface area contributed by atoms with Gasteiger partial charge in [-0.2, -0.15) is 0 Å². The standard InChI is InChI=1S/C14H18FN3OS/c1-9(2)18-8-16-17-14(18)20-7-13(19)12-5-4-11(15)6-10(12)3/h4-6,8-9,13,19H,7H2,1-3H3. The topological polar surface area (TPSA) is 50.9 Å². The number of hydrogen-bond acceptors (Lipinski definition) is 4. The molecule has 0 aliphatic rings. The molecule has 0 bridgehead atoms. The van der Waals surface area contributed by atoms with Gasteiger partial charge in [0, 0.05) is 11.8 Å².